The normalized spacial score (nSPS) is 27.6. The second kappa shape index (κ2) is 6.48. The summed E-state index contributed by atoms with van der Waals surface area (Å²) >= 11 is 0. The van der Waals surface area contributed by atoms with Gasteiger partial charge in [0.25, 0.3) is 0 Å². The SMILES string of the molecule is Fc1cnc(NC2CCCCC2OC2CCCC2)nc1. The molecule has 2 fully saturated rings. The van der Waals surface area contributed by atoms with E-state index in [1.807, 2.05) is 0 Å². The lowest BCUT2D eigenvalue weighted by Gasteiger charge is -2.34. The molecule has 5 heteroatoms. The standard InChI is InChI=1S/C15H22FN3O/c16-11-9-17-15(18-10-11)19-13-7-3-4-8-14(13)20-12-5-1-2-6-12/h9-10,12-14H,1-8H2,(H,17,18,19). The highest BCUT2D eigenvalue weighted by molar-refractivity contribution is 5.25. The molecule has 1 N–H and O–H groups in total. The van der Waals surface area contributed by atoms with Gasteiger partial charge in [-0.25, -0.2) is 14.4 Å². The van der Waals surface area contributed by atoms with Crippen molar-refractivity contribution in [1.82, 2.24) is 9.97 Å². The zero-order chi connectivity index (χ0) is 13.8. The first-order valence-corrected chi connectivity index (χ1v) is 7.71. The van der Waals surface area contributed by atoms with Crippen molar-refractivity contribution >= 4 is 5.95 Å². The van der Waals surface area contributed by atoms with Crippen LogP contribution >= 0.6 is 0 Å². The Bertz CT molecular complexity index is 420. The highest BCUT2D eigenvalue weighted by Gasteiger charge is 2.29. The second-order valence-electron chi connectivity index (χ2n) is 5.84. The van der Waals surface area contributed by atoms with Gasteiger partial charge in [-0.05, 0) is 25.7 Å². The molecule has 0 bridgehead atoms. The molecule has 0 amide bonds. The quantitative estimate of drug-likeness (QED) is 0.918. The summed E-state index contributed by atoms with van der Waals surface area (Å²) in [5.74, 6) is 0.0938. The maximum absolute atomic E-state index is 12.8. The van der Waals surface area contributed by atoms with Crippen LogP contribution in [0.2, 0.25) is 0 Å². The summed E-state index contributed by atoms with van der Waals surface area (Å²) < 4.78 is 19.1. The lowest BCUT2D eigenvalue weighted by molar-refractivity contribution is -0.0322. The number of halogens is 1. The van der Waals surface area contributed by atoms with Gasteiger partial charge in [0, 0.05) is 0 Å². The van der Waals surface area contributed by atoms with Crippen molar-refractivity contribution in [3.05, 3.63) is 18.2 Å². The smallest absolute Gasteiger partial charge is 0.223 e. The van der Waals surface area contributed by atoms with E-state index in [2.05, 4.69) is 15.3 Å². The number of hydrogen-bond acceptors (Lipinski definition) is 4. The van der Waals surface area contributed by atoms with Crippen molar-refractivity contribution in [2.24, 2.45) is 0 Å². The molecule has 0 aliphatic heterocycles. The molecule has 4 nitrogen and oxygen atoms in total. The van der Waals surface area contributed by atoms with Crippen LogP contribution in [0.3, 0.4) is 0 Å². The van der Waals surface area contributed by atoms with Crippen LogP contribution in [0.15, 0.2) is 12.4 Å². The number of nitrogens with zero attached hydrogens (tertiary/aromatic N) is 2. The Balaban J connectivity index is 1.60. The van der Waals surface area contributed by atoms with Crippen LogP contribution in [0.5, 0.6) is 0 Å². The van der Waals surface area contributed by atoms with E-state index >= 15 is 0 Å². The summed E-state index contributed by atoms with van der Waals surface area (Å²) in [5, 5.41) is 3.32. The topological polar surface area (TPSA) is 47.0 Å². The summed E-state index contributed by atoms with van der Waals surface area (Å²) in [6.07, 6.45) is 12.6. The Kier molecular flexibility index (Phi) is 4.45. The first kappa shape index (κ1) is 13.7. The molecule has 20 heavy (non-hydrogen) atoms. The van der Waals surface area contributed by atoms with Crippen molar-refractivity contribution in [1.29, 1.82) is 0 Å². The Morgan fingerprint density at radius 2 is 1.65 bits per heavy atom. The summed E-state index contributed by atoms with van der Waals surface area (Å²) in [7, 11) is 0. The summed E-state index contributed by atoms with van der Waals surface area (Å²) in [5.41, 5.74) is 0. The third-order valence-electron chi connectivity index (χ3n) is 4.31. The van der Waals surface area contributed by atoms with E-state index in [4.69, 9.17) is 4.74 Å². The number of aromatic nitrogens is 2. The Labute approximate surface area is 119 Å². The van der Waals surface area contributed by atoms with Gasteiger partial charge in [0.1, 0.15) is 0 Å². The predicted octanol–water partition coefficient (Wildman–Crippen LogP) is 3.30. The van der Waals surface area contributed by atoms with Gasteiger partial charge < -0.3 is 10.1 Å². The Morgan fingerprint density at radius 3 is 2.40 bits per heavy atom. The van der Waals surface area contributed by atoms with Crippen molar-refractivity contribution in [2.75, 3.05) is 5.32 Å². The highest BCUT2D eigenvalue weighted by atomic mass is 19.1. The van der Waals surface area contributed by atoms with E-state index in [1.165, 1.54) is 50.9 Å². The number of ether oxygens (including phenoxy) is 1. The second-order valence-corrected chi connectivity index (χ2v) is 5.84. The number of rotatable bonds is 4. The molecule has 2 saturated carbocycles. The van der Waals surface area contributed by atoms with Crippen LogP contribution in [0.4, 0.5) is 10.3 Å². The molecule has 2 atom stereocenters. The molecule has 1 aromatic heterocycles. The minimum absolute atomic E-state index is 0.237. The van der Waals surface area contributed by atoms with Crippen LogP contribution < -0.4 is 5.32 Å². The maximum Gasteiger partial charge on any atom is 0.223 e. The van der Waals surface area contributed by atoms with Crippen molar-refractivity contribution in [3.63, 3.8) is 0 Å². The van der Waals surface area contributed by atoms with Gasteiger partial charge in [0.15, 0.2) is 5.82 Å². The lowest BCUT2D eigenvalue weighted by Crippen LogP contribution is -2.40. The maximum atomic E-state index is 12.8. The van der Waals surface area contributed by atoms with Gasteiger partial charge in [-0.1, -0.05) is 25.7 Å². The largest absolute Gasteiger partial charge is 0.373 e. The third kappa shape index (κ3) is 3.45. The summed E-state index contributed by atoms with van der Waals surface area (Å²) in [6, 6.07) is 0.245. The first-order chi connectivity index (χ1) is 9.81. The molecule has 0 saturated heterocycles. The zero-order valence-corrected chi connectivity index (χ0v) is 11.7. The number of anilines is 1. The molecule has 0 aromatic carbocycles. The predicted molar refractivity (Wildman–Crippen MR) is 75.0 cm³/mol. The van der Waals surface area contributed by atoms with Gasteiger partial charge in [0.05, 0.1) is 30.6 Å². The molecule has 0 radical (unpaired) electrons. The summed E-state index contributed by atoms with van der Waals surface area (Å²) in [6.45, 7) is 0. The molecular formula is C15H22FN3O. The Morgan fingerprint density at radius 1 is 1.00 bits per heavy atom. The monoisotopic (exact) mass is 279 g/mol. The van der Waals surface area contributed by atoms with Gasteiger partial charge in [-0.15, -0.1) is 0 Å². The molecular weight excluding hydrogens is 257 g/mol. The minimum atomic E-state index is -0.405. The Hall–Kier alpha value is -1.23. The van der Waals surface area contributed by atoms with E-state index < -0.39 is 5.82 Å². The van der Waals surface area contributed by atoms with Gasteiger partial charge >= 0.3 is 0 Å². The summed E-state index contributed by atoms with van der Waals surface area (Å²) in [4.78, 5) is 7.97. The van der Waals surface area contributed by atoms with E-state index in [9.17, 15) is 4.39 Å². The third-order valence-corrected chi connectivity index (χ3v) is 4.31. The van der Waals surface area contributed by atoms with Crippen LogP contribution in [0.1, 0.15) is 51.4 Å². The van der Waals surface area contributed by atoms with Crippen LogP contribution in [-0.4, -0.2) is 28.2 Å². The molecule has 0 spiro atoms. The average molecular weight is 279 g/mol. The van der Waals surface area contributed by atoms with E-state index in [-0.39, 0.29) is 12.1 Å². The van der Waals surface area contributed by atoms with Crippen molar-refractivity contribution in [2.45, 2.75) is 69.6 Å². The molecule has 3 rings (SSSR count). The van der Waals surface area contributed by atoms with E-state index in [0.29, 0.717) is 12.1 Å². The van der Waals surface area contributed by atoms with Gasteiger partial charge in [-0.3, -0.25) is 0 Å². The van der Waals surface area contributed by atoms with Crippen molar-refractivity contribution in [3.8, 4) is 0 Å². The van der Waals surface area contributed by atoms with E-state index in [1.54, 1.807) is 0 Å². The zero-order valence-electron chi connectivity index (χ0n) is 11.7. The fourth-order valence-corrected chi connectivity index (χ4v) is 3.25. The van der Waals surface area contributed by atoms with E-state index in [0.717, 1.165) is 12.8 Å². The van der Waals surface area contributed by atoms with Crippen molar-refractivity contribution < 1.29 is 9.13 Å². The molecule has 2 aliphatic carbocycles. The van der Waals surface area contributed by atoms with Crippen LogP contribution in [0, 0.1) is 5.82 Å². The molecule has 1 aromatic rings. The molecule has 2 unspecified atom stereocenters. The highest BCUT2D eigenvalue weighted by Crippen LogP contribution is 2.29. The van der Waals surface area contributed by atoms with Crippen LogP contribution in [-0.2, 0) is 4.74 Å². The fraction of sp³-hybridized carbons (Fsp3) is 0.733. The fourth-order valence-electron chi connectivity index (χ4n) is 3.25. The van der Waals surface area contributed by atoms with Gasteiger partial charge in [-0.2, -0.15) is 0 Å². The average Bonchev–Trinajstić information content (AvgIpc) is 2.96. The molecule has 2 aliphatic rings. The van der Waals surface area contributed by atoms with Crippen LogP contribution in [0.25, 0.3) is 0 Å². The lowest BCUT2D eigenvalue weighted by atomic mass is 9.92. The van der Waals surface area contributed by atoms with Gasteiger partial charge in [0.2, 0.25) is 5.95 Å². The molecule has 110 valence electrons. The number of hydrogen-bond donors (Lipinski definition) is 1. The number of nitrogens with one attached hydrogen (secondary N) is 1. The molecule has 1 heterocycles. The first-order valence-electron chi connectivity index (χ1n) is 7.71. The minimum Gasteiger partial charge on any atom is -0.373 e.